The number of aliphatic hydroxyl groups is 1. The van der Waals surface area contributed by atoms with E-state index in [1.165, 1.54) is 20.8 Å². The number of rotatable bonds is 5. The molecule has 0 saturated heterocycles. The van der Waals surface area contributed by atoms with Crippen molar-refractivity contribution in [2.45, 2.75) is 45.0 Å². The molecule has 0 aromatic carbocycles. The molecule has 0 aromatic rings. The average Bonchev–Trinajstić information content (AvgIpc) is 2.46. The van der Waals surface area contributed by atoms with E-state index >= 15 is 0 Å². The molecule has 12 heteroatoms. The van der Waals surface area contributed by atoms with E-state index in [0.717, 1.165) is 0 Å². The van der Waals surface area contributed by atoms with Crippen LogP contribution in [0.4, 0.5) is 0 Å². The van der Waals surface area contributed by atoms with Crippen LogP contribution in [0.15, 0.2) is 0 Å². The number of hydrogen-bond acceptors (Lipinski definition) is 10. The molecule has 0 fully saturated rings. The quantitative estimate of drug-likeness (QED) is 0.188. The Hall–Kier alpha value is -2.12. The van der Waals surface area contributed by atoms with Gasteiger partial charge >= 0.3 is 23.9 Å². The third kappa shape index (κ3) is 17.9. The van der Waals surface area contributed by atoms with E-state index in [-0.39, 0.29) is 6.54 Å². The molecule has 0 aliphatic carbocycles. The Labute approximate surface area is 138 Å². The van der Waals surface area contributed by atoms with Gasteiger partial charge in [-0.25, -0.2) is 4.79 Å². The molecule has 142 valence electrons. The van der Waals surface area contributed by atoms with E-state index in [1.807, 2.05) is 0 Å². The second-order valence-corrected chi connectivity index (χ2v) is 4.52. The third-order valence-corrected chi connectivity index (χ3v) is 1.95. The van der Waals surface area contributed by atoms with Crippen LogP contribution in [0.3, 0.4) is 0 Å². The van der Waals surface area contributed by atoms with Crippen LogP contribution < -0.4 is 22.9 Å². The minimum atomic E-state index is -1.18. The zero-order chi connectivity index (χ0) is 20.0. The SMILES string of the molecule is C[C@@H](O)[C@H](N)C(=O)O.C[C@H](N)C(=O)O.C[C@H](N)C(=O)OC(=O)CN. The Morgan fingerprint density at radius 2 is 1.29 bits per heavy atom. The standard InChI is InChI=1S/C5H10N2O3.C4H9NO3.C3H7NO2/c1-3(7)5(9)10-4(8)2-6;1-2(6)3(5)4(7)8;1-2(4)3(5)6/h3H,2,6-7H2,1H3;2-3,6H,5H2,1H3,(H,7,8);2H,4H2,1H3,(H,5,6)/t3-;2-,3+;2-/m010/s1. The number of hydrogen-bond donors (Lipinski definition) is 7. The van der Waals surface area contributed by atoms with E-state index in [0.29, 0.717) is 0 Å². The first-order chi connectivity index (χ1) is 10.8. The molecule has 12 nitrogen and oxygen atoms in total. The molecule has 0 bridgehead atoms. The summed E-state index contributed by atoms with van der Waals surface area (Å²) in [6.07, 6.45) is -0.979. The van der Waals surface area contributed by atoms with Crippen LogP contribution in [0.2, 0.25) is 0 Å². The van der Waals surface area contributed by atoms with E-state index in [1.54, 1.807) is 0 Å². The largest absolute Gasteiger partial charge is 0.480 e. The molecule has 0 aromatic heterocycles. The summed E-state index contributed by atoms with van der Waals surface area (Å²) in [6, 6.07) is -2.67. The Balaban J connectivity index is -0.000000285. The fourth-order valence-corrected chi connectivity index (χ4v) is 0.453. The van der Waals surface area contributed by atoms with Gasteiger partial charge in [-0.05, 0) is 20.8 Å². The molecule has 0 aliphatic heterocycles. The summed E-state index contributed by atoms with van der Waals surface area (Å²) in [5, 5.41) is 24.4. The van der Waals surface area contributed by atoms with Crippen LogP contribution in [-0.2, 0) is 23.9 Å². The molecule has 0 rings (SSSR count). The van der Waals surface area contributed by atoms with Crippen LogP contribution in [0.5, 0.6) is 0 Å². The van der Waals surface area contributed by atoms with Crippen molar-refractivity contribution in [3.63, 3.8) is 0 Å². The lowest BCUT2D eigenvalue weighted by atomic mass is 10.2. The Morgan fingerprint density at radius 3 is 1.42 bits per heavy atom. The fraction of sp³-hybridized carbons (Fsp3) is 0.667. The van der Waals surface area contributed by atoms with Gasteiger partial charge in [0.25, 0.3) is 0 Å². The van der Waals surface area contributed by atoms with Crippen molar-refractivity contribution < 1.29 is 39.2 Å². The maximum atomic E-state index is 10.5. The highest BCUT2D eigenvalue weighted by molar-refractivity contribution is 5.88. The molecule has 0 saturated carbocycles. The van der Waals surface area contributed by atoms with Gasteiger partial charge in [-0.1, -0.05) is 0 Å². The summed E-state index contributed by atoms with van der Waals surface area (Å²) in [4.78, 5) is 40.2. The van der Waals surface area contributed by atoms with E-state index in [2.05, 4.69) is 4.74 Å². The number of nitrogens with two attached hydrogens (primary N) is 4. The number of carbonyl (C=O) groups is 4. The van der Waals surface area contributed by atoms with E-state index in [9.17, 15) is 19.2 Å². The van der Waals surface area contributed by atoms with Crippen LogP contribution in [0.25, 0.3) is 0 Å². The molecular formula is C12H26N4O8. The minimum absolute atomic E-state index is 0.307. The summed E-state index contributed by atoms with van der Waals surface area (Å²) in [7, 11) is 0. The lowest BCUT2D eigenvalue weighted by Crippen LogP contribution is -2.39. The van der Waals surface area contributed by atoms with Gasteiger partial charge in [0.1, 0.15) is 18.1 Å². The first-order valence-corrected chi connectivity index (χ1v) is 6.62. The predicted octanol–water partition coefficient (Wildman–Crippen LogP) is -3.44. The summed E-state index contributed by atoms with van der Waals surface area (Å²) in [6.45, 7) is 3.87. The maximum Gasteiger partial charge on any atom is 0.330 e. The van der Waals surface area contributed by atoms with Gasteiger partial charge in [0.05, 0.1) is 12.6 Å². The van der Waals surface area contributed by atoms with Crippen molar-refractivity contribution in [2.24, 2.45) is 22.9 Å². The number of carboxylic acid groups (broad SMARTS) is 2. The first kappa shape index (κ1) is 26.8. The van der Waals surface area contributed by atoms with E-state index < -0.39 is 48.1 Å². The summed E-state index contributed by atoms with van der Waals surface area (Å²) in [5.74, 6) is -3.66. The maximum absolute atomic E-state index is 10.5. The van der Waals surface area contributed by atoms with Gasteiger partial charge < -0.3 is 43.0 Å². The van der Waals surface area contributed by atoms with Crippen molar-refractivity contribution in [3.05, 3.63) is 0 Å². The second-order valence-electron chi connectivity index (χ2n) is 4.52. The molecule has 4 atom stereocenters. The van der Waals surface area contributed by atoms with Crippen molar-refractivity contribution in [1.29, 1.82) is 0 Å². The molecule has 24 heavy (non-hydrogen) atoms. The molecule has 0 aliphatic rings. The first-order valence-electron chi connectivity index (χ1n) is 6.62. The number of aliphatic carboxylic acids is 2. The number of ether oxygens (including phenoxy) is 1. The summed E-state index contributed by atoms with van der Waals surface area (Å²) < 4.78 is 4.13. The van der Waals surface area contributed by atoms with Crippen LogP contribution in [0, 0.1) is 0 Å². The Morgan fingerprint density at radius 1 is 0.917 bits per heavy atom. The number of carbonyl (C=O) groups excluding carboxylic acids is 2. The molecule has 0 radical (unpaired) electrons. The number of aliphatic hydroxyl groups excluding tert-OH is 1. The van der Waals surface area contributed by atoms with Gasteiger partial charge in [-0.2, -0.15) is 0 Å². The Kier molecular flexibility index (Phi) is 16.1. The minimum Gasteiger partial charge on any atom is -0.480 e. The van der Waals surface area contributed by atoms with Crippen molar-refractivity contribution in [2.75, 3.05) is 6.54 Å². The smallest absolute Gasteiger partial charge is 0.330 e. The topological polar surface area (TPSA) is 242 Å². The zero-order valence-corrected chi connectivity index (χ0v) is 13.7. The molecule has 11 N–H and O–H groups in total. The van der Waals surface area contributed by atoms with Gasteiger partial charge in [0.2, 0.25) is 0 Å². The van der Waals surface area contributed by atoms with Gasteiger partial charge in [-0.3, -0.25) is 14.4 Å². The van der Waals surface area contributed by atoms with Crippen molar-refractivity contribution >= 4 is 23.9 Å². The highest BCUT2D eigenvalue weighted by Gasteiger charge is 2.16. The lowest BCUT2D eigenvalue weighted by Gasteiger charge is -2.06. The Bertz CT molecular complexity index is 412. The van der Waals surface area contributed by atoms with Gasteiger partial charge in [-0.15, -0.1) is 0 Å². The van der Waals surface area contributed by atoms with Gasteiger partial charge in [0.15, 0.2) is 0 Å². The van der Waals surface area contributed by atoms with Crippen LogP contribution >= 0.6 is 0 Å². The molecule has 0 spiro atoms. The van der Waals surface area contributed by atoms with Crippen molar-refractivity contribution in [3.8, 4) is 0 Å². The highest BCUT2D eigenvalue weighted by atomic mass is 16.6. The monoisotopic (exact) mass is 354 g/mol. The average molecular weight is 354 g/mol. The molecule has 0 heterocycles. The van der Waals surface area contributed by atoms with Gasteiger partial charge in [0, 0.05) is 0 Å². The second kappa shape index (κ2) is 14.5. The third-order valence-electron chi connectivity index (χ3n) is 1.95. The van der Waals surface area contributed by atoms with Crippen LogP contribution in [-0.4, -0.2) is 70.0 Å². The molecule has 0 amide bonds. The molecular weight excluding hydrogens is 328 g/mol. The zero-order valence-electron chi connectivity index (χ0n) is 13.7. The van der Waals surface area contributed by atoms with Crippen LogP contribution in [0.1, 0.15) is 20.8 Å². The fourth-order valence-electron chi connectivity index (χ4n) is 0.453. The number of esters is 2. The summed E-state index contributed by atoms with van der Waals surface area (Å²) >= 11 is 0. The molecule has 0 unspecified atom stereocenters. The van der Waals surface area contributed by atoms with E-state index in [4.69, 9.17) is 38.3 Å². The predicted molar refractivity (Wildman–Crippen MR) is 82.4 cm³/mol. The lowest BCUT2D eigenvalue weighted by molar-refractivity contribution is -0.159. The summed E-state index contributed by atoms with van der Waals surface area (Å²) in [5.41, 5.74) is 19.7. The number of carboxylic acids is 2. The highest BCUT2D eigenvalue weighted by Crippen LogP contribution is 1.86. The normalized spacial score (nSPS) is 14.3. The van der Waals surface area contributed by atoms with Crippen molar-refractivity contribution in [1.82, 2.24) is 0 Å².